The van der Waals surface area contributed by atoms with Crippen molar-refractivity contribution in [3.63, 3.8) is 0 Å². The van der Waals surface area contributed by atoms with Crippen LogP contribution in [-0.4, -0.2) is 74.3 Å². The van der Waals surface area contributed by atoms with Crippen LogP contribution >= 0.6 is 0 Å². The van der Waals surface area contributed by atoms with Crippen LogP contribution in [-0.2, 0) is 28.9 Å². The van der Waals surface area contributed by atoms with E-state index in [9.17, 15) is 30.3 Å². The molecule has 0 unspecified atom stereocenters. The molecule has 0 saturated heterocycles. The van der Waals surface area contributed by atoms with E-state index in [1.807, 2.05) is 61.5 Å². The first-order chi connectivity index (χ1) is 31.6. The fourth-order valence-electron chi connectivity index (χ4n) is 12.6. The molecule has 10 heteroatoms. The number of hydrogen-bond donors (Lipinski definition) is 8. The summed E-state index contributed by atoms with van der Waals surface area (Å²) in [5.74, 6) is -1.20. The maximum absolute atomic E-state index is 15.6. The van der Waals surface area contributed by atoms with E-state index in [2.05, 4.69) is 43.2 Å². The van der Waals surface area contributed by atoms with Crippen LogP contribution in [0.2, 0.25) is 0 Å². The molecule has 2 aromatic carbocycles. The minimum atomic E-state index is -1.32. The van der Waals surface area contributed by atoms with E-state index in [-0.39, 0.29) is 37.2 Å². The predicted octanol–water partition coefficient (Wildman–Crippen LogP) is 7.78. The number of β-amino-alcohol motifs (C(OH)–C–C–N with tert-alkyl or cyclic N) is 1. The van der Waals surface area contributed by atoms with Gasteiger partial charge in [0.2, 0.25) is 5.91 Å². The van der Waals surface area contributed by atoms with Crippen molar-refractivity contribution < 1.29 is 35.1 Å². The molecule has 3 fully saturated rings. The number of aliphatic hydroxyl groups is 5. The number of hydrogen-bond acceptors (Lipinski definition) is 9. The van der Waals surface area contributed by atoms with Crippen LogP contribution in [0, 0.1) is 23.2 Å². The van der Waals surface area contributed by atoms with Crippen molar-refractivity contribution >= 4 is 11.7 Å². The Morgan fingerprint density at radius 3 is 2.44 bits per heavy atom. The molecule has 2 bridgehead atoms. The van der Waals surface area contributed by atoms with Gasteiger partial charge in [0.15, 0.2) is 5.78 Å². The summed E-state index contributed by atoms with van der Waals surface area (Å²) in [7, 11) is 0. The molecule has 3 saturated carbocycles. The van der Waals surface area contributed by atoms with Gasteiger partial charge in [0, 0.05) is 24.3 Å². The van der Waals surface area contributed by atoms with Crippen molar-refractivity contribution in [2.45, 2.75) is 166 Å². The molecule has 358 valence electrons. The van der Waals surface area contributed by atoms with Crippen molar-refractivity contribution in [3.8, 4) is 0 Å². The number of aryl methyl sites for hydroxylation is 1. The third-order valence-electron chi connectivity index (χ3n) is 16.0. The van der Waals surface area contributed by atoms with E-state index in [0.717, 1.165) is 78.4 Å². The van der Waals surface area contributed by atoms with Gasteiger partial charge in [0.05, 0.1) is 30.5 Å². The summed E-state index contributed by atoms with van der Waals surface area (Å²) in [5.41, 5.74) is 13.0. The number of Topliss-reactive ketones (excluding diaryl/α,β-unsaturated/α-hetero) is 1. The second-order valence-electron chi connectivity index (χ2n) is 20.8. The first-order valence-electron chi connectivity index (χ1n) is 24.9. The average Bonchev–Trinajstić information content (AvgIpc) is 3.62. The molecule has 2 aliphatic heterocycles. The number of fused-ring (bicyclic) bond motifs is 4. The zero-order valence-corrected chi connectivity index (χ0v) is 39.7. The van der Waals surface area contributed by atoms with Crippen molar-refractivity contribution in [3.05, 3.63) is 129 Å². The van der Waals surface area contributed by atoms with E-state index in [0.29, 0.717) is 74.5 Å². The van der Waals surface area contributed by atoms with Gasteiger partial charge < -0.3 is 36.6 Å². The van der Waals surface area contributed by atoms with Crippen LogP contribution in [0.1, 0.15) is 151 Å². The smallest absolute Gasteiger partial charge is 0.243 e. The van der Waals surface area contributed by atoms with Gasteiger partial charge in [-0.25, -0.2) is 0 Å². The second-order valence-corrected chi connectivity index (χ2v) is 20.8. The zero-order valence-electron chi connectivity index (χ0n) is 39.7. The number of nitrogens with one attached hydrogen (secondary N) is 2. The van der Waals surface area contributed by atoms with Gasteiger partial charge >= 0.3 is 0 Å². The topological polar surface area (TPSA) is 185 Å². The summed E-state index contributed by atoms with van der Waals surface area (Å²) < 4.78 is 0. The molecule has 1 spiro atoms. The SMILES string of the molecule is C=C(/C=C/C=C(/CO)[C@H]1CC[C@@]2([C@@H]3CC[C@H](O)Cc4cccc(c4)CC[C@H](O)CN[C@@H]4C(=O)N[C@@H](N)c5cccc(c54)CC(=O)/C(C4CCCCC4)=C/3CC[C@@]2(C)O)[C@@H]1O)CCC=C(C)C. The summed E-state index contributed by atoms with van der Waals surface area (Å²) >= 11 is 0. The summed E-state index contributed by atoms with van der Waals surface area (Å²) in [5, 5.41) is 66.0. The van der Waals surface area contributed by atoms with E-state index >= 15 is 4.79 Å². The highest BCUT2D eigenvalue weighted by atomic mass is 16.3. The van der Waals surface area contributed by atoms with E-state index in [4.69, 9.17) is 5.73 Å². The molecular weight excluding hydrogens is 827 g/mol. The highest BCUT2D eigenvalue weighted by Gasteiger charge is 2.64. The fourth-order valence-corrected chi connectivity index (χ4v) is 12.6. The number of ketones is 1. The molecule has 5 aliphatic rings. The highest BCUT2D eigenvalue weighted by Crippen LogP contribution is 2.63. The van der Waals surface area contributed by atoms with Crippen molar-refractivity contribution in [2.24, 2.45) is 28.9 Å². The van der Waals surface area contributed by atoms with Crippen LogP contribution in [0.5, 0.6) is 0 Å². The normalized spacial score (nSPS) is 33.0. The Bertz CT molecular complexity index is 2190. The van der Waals surface area contributed by atoms with Crippen LogP contribution in [0.3, 0.4) is 0 Å². The Kier molecular flexibility index (Phi) is 16.6. The number of carbonyl (C=O) groups excluding carboxylic acids is 2. The number of rotatable bonds is 8. The van der Waals surface area contributed by atoms with E-state index < -0.39 is 53.4 Å². The molecule has 2 heterocycles. The third kappa shape index (κ3) is 11.0. The van der Waals surface area contributed by atoms with Gasteiger partial charge in [-0.3, -0.25) is 14.9 Å². The molecule has 0 aromatic heterocycles. The Labute approximate surface area is 393 Å². The monoisotopic (exact) mass is 904 g/mol. The van der Waals surface area contributed by atoms with Crippen LogP contribution in [0.25, 0.3) is 0 Å². The molecule has 0 radical (unpaired) electrons. The highest BCUT2D eigenvalue weighted by molar-refractivity contribution is 5.99. The first-order valence-corrected chi connectivity index (χ1v) is 24.9. The Hall–Kier alpha value is -4.00. The molecular formula is C56H77N3O7. The van der Waals surface area contributed by atoms with Crippen molar-refractivity contribution in [2.75, 3.05) is 13.2 Å². The van der Waals surface area contributed by atoms with Crippen LogP contribution < -0.4 is 16.4 Å². The van der Waals surface area contributed by atoms with Gasteiger partial charge in [0.1, 0.15) is 12.2 Å². The summed E-state index contributed by atoms with van der Waals surface area (Å²) in [6, 6.07) is 13.0. The maximum Gasteiger partial charge on any atom is 0.243 e. The average molecular weight is 904 g/mol. The largest absolute Gasteiger partial charge is 0.393 e. The van der Waals surface area contributed by atoms with E-state index in [1.165, 1.54) is 5.57 Å². The predicted molar refractivity (Wildman–Crippen MR) is 261 cm³/mol. The summed E-state index contributed by atoms with van der Waals surface area (Å²) in [6.07, 6.45) is 15.4. The standard InChI is InChI=1S/C56H77N3O7/c1-35(2)12-8-13-36(3)14-9-20-41(34-60)44-27-29-56(52(44)64)47-25-24-42(61)31-38-16-10-15-37(30-38)22-23-43(62)33-58-51-50-40(19-11-21-46(50)53(57)59-54(51)65)32-48(63)49(39-17-6-5-7-18-39)45(47)26-28-55(56,4)66/h9-12,14-16,19-21,30,39,42-44,47,51-53,58,60-62,64,66H,3,5-8,13,17-18,22-29,31-34,57H2,1-2,4H3,(H,59,65)/b14-9+,41-20-,49-45+/t42-,43-,44+,47+,51-,52+,53+,55+,56+/m0/s1. The number of carbonyl (C=O) groups is 2. The second kappa shape index (κ2) is 22.0. The van der Waals surface area contributed by atoms with Gasteiger partial charge in [-0.1, -0.05) is 109 Å². The minimum absolute atomic E-state index is 0.0132. The lowest BCUT2D eigenvalue weighted by Gasteiger charge is -2.56. The first kappa shape index (κ1) is 49.9. The van der Waals surface area contributed by atoms with Gasteiger partial charge in [0.25, 0.3) is 0 Å². The molecule has 1 amide bonds. The number of allylic oxidation sites excluding steroid dienone is 8. The fraction of sp³-hybridized carbons (Fsp3) is 0.571. The lowest BCUT2D eigenvalue weighted by Crippen LogP contribution is -2.59. The van der Waals surface area contributed by atoms with E-state index in [1.54, 1.807) is 0 Å². The van der Waals surface area contributed by atoms with Crippen LogP contribution in [0.4, 0.5) is 0 Å². The van der Waals surface area contributed by atoms with Crippen molar-refractivity contribution in [1.29, 1.82) is 0 Å². The molecule has 9 atom stereocenters. The molecule has 66 heavy (non-hydrogen) atoms. The molecule has 9 N–H and O–H groups in total. The van der Waals surface area contributed by atoms with Crippen molar-refractivity contribution in [1.82, 2.24) is 10.6 Å². The quantitative estimate of drug-likeness (QED) is 0.0968. The van der Waals surface area contributed by atoms with Gasteiger partial charge in [-0.05, 0) is 155 Å². The van der Waals surface area contributed by atoms with Gasteiger partial charge in [-0.2, -0.15) is 0 Å². The zero-order chi connectivity index (χ0) is 47.2. The Morgan fingerprint density at radius 2 is 1.68 bits per heavy atom. The lowest BCUT2D eigenvalue weighted by molar-refractivity contribution is -0.168. The van der Waals surface area contributed by atoms with Crippen LogP contribution in [0.15, 0.2) is 101 Å². The molecule has 2 aromatic rings. The lowest BCUT2D eigenvalue weighted by atomic mass is 9.51. The third-order valence-corrected chi connectivity index (χ3v) is 16.0. The molecule has 10 nitrogen and oxygen atoms in total. The molecule has 3 aliphatic carbocycles. The summed E-state index contributed by atoms with van der Waals surface area (Å²) in [4.78, 5) is 29.3. The summed E-state index contributed by atoms with van der Waals surface area (Å²) in [6.45, 7) is 10.1. The number of benzene rings is 2. The molecule has 7 rings (SSSR count). The Balaban J connectivity index is 1.34. The number of amides is 1. The number of nitrogens with two attached hydrogens (primary N) is 1. The number of aliphatic hydroxyl groups excluding tert-OH is 4. The Morgan fingerprint density at radius 1 is 0.924 bits per heavy atom. The van der Waals surface area contributed by atoms with Gasteiger partial charge in [-0.15, -0.1) is 0 Å². The maximum atomic E-state index is 15.6. The minimum Gasteiger partial charge on any atom is -0.393 e.